The first-order valence-electron chi connectivity index (χ1n) is 7.42. The zero-order valence-electron chi connectivity index (χ0n) is 12.8. The quantitative estimate of drug-likeness (QED) is 0.585. The summed E-state index contributed by atoms with van der Waals surface area (Å²) in [5.74, 6) is 0. The second-order valence-electron chi connectivity index (χ2n) is 7.45. The van der Waals surface area contributed by atoms with Crippen LogP contribution in [0.1, 0.15) is 40.5 Å². The van der Waals surface area contributed by atoms with E-state index in [-0.39, 0.29) is 17.2 Å². The molecule has 116 valence electrons. The van der Waals surface area contributed by atoms with E-state index in [0.29, 0.717) is 0 Å². The molecule has 3 saturated heterocycles. The average Bonchev–Trinajstić information content (AvgIpc) is 3.15. The maximum atomic E-state index is 12.4. The van der Waals surface area contributed by atoms with E-state index in [2.05, 4.69) is 9.34 Å². The van der Waals surface area contributed by atoms with E-state index in [1.165, 1.54) is 5.06 Å². The molecule has 0 aromatic heterocycles. The zero-order valence-corrected chi connectivity index (χ0v) is 14.5. The third kappa shape index (κ3) is 2.72. The molecular formula is C13H25N3O2PS-. The van der Waals surface area contributed by atoms with Crippen LogP contribution in [0.15, 0.2) is 0 Å². The Morgan fingerprint density at radius 3 is 1.75 bits per heavy atom. The van der Waals surface area contributed by atoms with Crippen LogP contribution in [-0.2, 0) is 16.3 Å². The summed E-state index contributed by atoms with van der Waals surface area (Å²) in [7, 11) is 0. The lowest BCUT2D eigenvalue weighted by atomic mass is 9.80. The first-order valence-corrected chi connectivity index (χ1v) is 10.0. The highest BCUT2D eigenvalue weighted by Crippen LogP contribution is 2.63. The van der Waals surface area contributed by atoms with Gasteiger partial charge in [-0.25, -0.2) is 9.34 Å². The first-order chi connectivity index (χ1) is 9.15. The summed E-state index contributed by atoms with van der Waals surface area (Å²) in [5, 5.41) is 13.6. The second-order valence-corrected chi connectivity index (χ2v) is 11.2. The molecule has 0 bridgehead atoms. The van der Waals surface area contributed by atoms with Crippen molar-refractivity contribution < 1.29 is 4.52 Å². The normalized spacial score (nSPS) is 31.4. The Balaban J connectivity index is 1.75. The van der Waals surface area contributed by atoms with Crippen molar-refractivity contribution in [1.29, 1.82) is 0 Å². The predicted molar refractivity (Wildman–Crippen MR) is 84.9 cm³/mol. The number of nitrogens with zero attached hydrogens (tertiary/aromatic N) is 3. The highest BCUT2D eigenvalue weighted by atomic mass is 32.5. The summed E-state index contributed by atoms with van der Waals surface area (Å²) >= 11 is 5.88. The van der Waals surface area contributed by atoms with Crippen molar-refractivity contribution in [3.05, 3.63) is 5.21 Å². The van der Waals surface area contributed by atoms with Gasteiger partial charge in [0.2, 0.25) is 6.57 Å². The van der Waals surface area contributed by atoms with Gasteiger partial charge in [-0.3, -0.25) is 0 Å². The van der Waals surface area contributed by atoms with Crippen molar-refractivity contribution in [3.63, 3.8) is 0 Å². The molecule has 7 heteroatoms. The van der Waals surface area contributed by atoms with Gasteiger partial charge in [0.05, 0.1) is 6.10 Å². The van der Waals surface area contributed by atoms with Gasteiger partial charge in [0.1, 0.15) is 0 Å². The summed E-state index contributed by atoms with van der Waals surface area (Å²) in [4.78, 5) is 0. The van der Waals surface area contributed by atoms with E-state index < -0.39 is 6.57 Å². The molecule has 3 aliphatic rings. The van der Waals surface area contributed by atoms with E-state index in [4.69, 9.17) is 16.3 Å². The molecule has 0 N–H and O–H groups in total. The van der Waals surface area contributed by atoms with E-state index >= 15 is 0 Å². The molecule has 0 amide bonds. The number of hydroxylamine groups is 2. The minimum Gasteiger partial charge on any atom is -0.784 e. The summed E-state index contributed by atoms with van der Waals surface area (Å²) in [6.07, 6.45) is 1.62. The van der Waals surface area contributed by atoms with Crippen molar-refractivity contribution in [2.75, 3.05) is 26.2 Å². The molecule has 20 heavy (non-hydrogen) atoms. The van der Waals surface area contributed by atoms with Gasteiger partial charge in [0.25, 0.3) is 0 Å². The molecule has 0 spiro atoms. The Hall–Kier alpha value is 0.450. The van der Waals surface area contributed by atoms with Crippen LogP contribution in [0, 0.1) is 5.21 Å². The monoisotopic (exact) mass is 318 g/mol. The summed E-state index contributed by atoms with van der Waals surface area (Å²) in [6, 6.07) is 0. The Kier molecular flexibility index (Phi) is 3.62. The molecule has 3 rings (SSSR count). The number of hydrogen-bond donors (Lipinski definition) is 0. The fraction of sp³-hybridized carbons (Fsp3) is 1.00. The molecule has 0 aromatic carbocycles. The van der Waals surface area contributed by atoms with Gasteiger partial charge < -0.3 is 14.8 Å². The van der Waals surface area contributed by atoms with Crippen molar-refractivity contribution >= 4 is 18.4 Å². The Morgan fingerprint density at radius 2 is 1.40 bits per heavy atom. The lowest BCUT2D eigenvalue weighted by Crippen LogP contribution is -2.59. The minimum atomic E-state index is -1.96. The van der Waals surface area contributed by atoms with Gasteiger partial charge in [0.15, 0.2) is 0 Å². The van der Waals surface area contributed by atoms with Gasteiger partial charge in [0, 0.05) is 37.3 Å². The smallest absolute Gasteiger partial charge is 0.203 e. The van der Waals surface area contributed by atoms with Crippen LogP contribution in [-0.4, -0.2) is 57.8 Å². The fourth-order valence-electron chi connectivity index (χ4n) is 3.35. The van der Waals surface area contributed by atoms with Crippen LogP contribution in [0.5, 0.6) is 0 Å². The Bertz CT molecular complexity index is 415. The molecule has 0 unspecified atom stereocenters. The van der Waals surface area contributed by atoms with E-state index in [1.54, 1.807) is 0 Å². The SMILES string of the molecule is CC1(C)CC(OP(=S)(N2CC2)N2CC2)CC(C)(C)N1[O-]. The minimum absolute atomic E-state index is 0.0947. The lowest BCUT2D eigenvalue weighted by Gasteiger charge is -2.60. The summed E-state index contributed by atoms with van der Waals surface area (Å²) < 4.78 is 11.1. The van der Waals surface area contributed by atoms with Crippen molar-refractivity contribution in [2.24, 2.45) is 0 Å². The van der Waals surface area contributed by atoms with Gasteiger partial charge in [-0.05, 0) is 52.3 Å². The molecule has 0 radical (unpaired) electrons. The van der Waals surface area contributed by atoms with Crippen LogP contribution in [0.3, 0.4) is 0 Å². The third-order valence-corrected chi connectivity index (χ3v) is 8.85. The zero-order chi connectivity index (χ0) is 14.8. The van der Waals surface area contributed by atoms with Gasteiger partial charge in [-0.1, -0.05) is 0 Å². The second kappa shape index (κ2) is 4.72. The van der Waals surface area contributed by atoms with Crippen LogP contribution < -0.4 is 0 Å². The number of hydrogen-bond acceptors (Lipinski definition) is 4. The molecule has 0 aromatic rings. The summed E-state index contributed by atoms with van der Waals surface area (Å²) in [6.45, 7) is 10.4. The predicted octanol–water partition coefficient (Wildman–Crippen LogP) is 2.38. The Morgan fingerprint density at radius 1 is 1.00 bits per heavy atom. The maximum Gasteiger partial charge on any atom is 0.203 e. The van der Waals surface area contributed by atoms with Gasteiger partial charge >= 0.3 is 0 Å². The fourth-order valence-corrected chi connectivity index (χ4v) is 7.04. The molecule has 0 saturated carbocycles. The standard InChI is InChI=1S/C13H25N3O2PS/c1-12(2)9-11(10-13(3,4)16(12)17)18-19(20,14-5-6-14)15-7-8-15/h11H,5-10H2,1-4H3/q-1. The molecule has 3 heterocycles. The number of piperidine rings is 1. The average molecular weight is 318 g/mol. The molecular weight excluding hydrogens is 293 g/mol. The maximum absolute atomic E-state index is 12.4. The molecule has 3 fully saturated rings. The molecule has 0 aliphatic carbocycles. The van der Waals surface area contributed by atoms with Gasteiger partial charge in [-0.2, -0.15) is 0 Å². The number of rotatable bonds is 4. The van der Waals surface area contributed by atoms with Crippen LogP contribution in [0.25, 0.3) is 0 Å². The topological polar surface area (TPSA) is 41.5 Å². The van der Waals surface area contributed by atoms with Crippen molar-refractivity contribution in [2.45, 2.75) is 57.7 Å². The molecule has 5 nitrogen and oxygen atoms in total. The largest absolute Gasteiger partial charge is 0.784 e. The van der Waals surface area contributed by atoms with Crippen molar-refractivity contribution in [3.8, 4) is 0 Å². The lowest BCUT2D eigenvalue weighted by molar-refractivity contribution is -0.0398. The van der Waals surface area contributed by atoms with E-state index in [9.17, 15) is 5.21 Å². The highest BCUT2D eigenvalue weighted by Gasteiger charge is 2.49. The van der Waals surface area contributed by atoms with Crippen LogP contribution in [0.2, 0.25) is 0 Å². The van der Waals surface area contributed by atoms with Crippen LogP contribution in [0.4, 0.5) is 0 Å². The van der Waals surface area contributed by atoms with E-state index in [1.807, 2.05) is 27.7 Å². The highest BCUT2D eigenvalue weighted by molar-refractivity contribution is 8.10. The molecule has 3 aliphatic heterocycles. The van der Waals surface area contributed by atoms with Crippen molar-refractivity contribution in [1.82, 2.24) is 14.4 Å². The first kappa shape index (κ1) is 15.3. The Labute approximate surface area is 127 Å². The van der Waals surface area contributed by atoms with Gasteiger partial charge in [-0.15, -0.1) is 0 Å². The molecule has 0 atom stereocenters. The summed E-state index contributed by atoms with van der Waals surface area (Å²) in [5.41, 5.74) is -0.769. The van der Waals surface area contributed by atoms with E-state index in [0.717, 1.165) is 39.0 Å². The third-order valence-electron chi connectivity index (χ3n) is 4.40. The van der Waals surface area contributed by atoms with Crippen LogP contribution >= 0.6 is 6.57 Å².